The van der Waals surface area contributed by atoms with E-state index in [1.807, 2.05) is 6.26 Å². The van der Waals surface area contributed by atoms with Gasteiger partial charge in [0.05, 0.1) is 0 Å². The van der Waals surface area contributed by atoms with E-state index in [2.05, 4.69) is 12.0 Å². The molecule has 0 rings (SSSR count). The summed E-state index contributed by atoms with van der Waals surface area (Å²) in [7, 11) is 0. The Bertz CT molecular complexity index is 17.2. The van der Waals surface area contributed by atoms with Gasteiger partial charge in [0.15, 0.2) is 0 Å². The van der Waals surface area contributed by atoms with Crippen LogP contribution in [0.1, 0.15) is 0 Å². The van der Waals surface area contributed by atoms with Gasteiger partial charge in [-0.05, 0) is 6.26 Å². The Morgan fingerprint density at radius 3 is 2.25 bits per heavy atom. The minimum Gasteiger partial charge on any atom is -0.129 e. The number of hydrogen-bond acceptors (Lipinski definition) is 1. The van der Waals surface area contributed by atoms with Gasteiger partial charge in [0, 0.05) is 5.41 Å². The quantitative estimate of drug-likeness (QED) is 0.450. The van der Waals surface area contributed by atoms with Crippen molar-refractivity contribution in [1.29, 1.82) is 0 Å². The van der Waals surface area contributed by atoms with E-state index >= 15 is 0 Å². The minimum atomic E-state index is 1.50. The first-order valence-corrected chi connectivity index (χ1v) is 2.19. The zero-order valence-electron chi connectivity index (χ0n) is 2.62. The third kappa shape index (κ3) is 2.09. The summed E-state index contributed by atoms with van der Waals surface area (Å²) in [6, 6.07) is 0. The maximum atomic E-state index is 3.32. The maximum absolute atomic E-state index is 3.32. The van der Waals surface area contributed by atoms with Crippen LogP contribution >= 0.6 is 11.8 Å². The SMILES string of the molecule is C=[C]SC. The molecule has 0 aliphatic heterocycles. The molecular formula is C3H5S. The van der Waals surface area contributed by atoms with Crippen molar-refractivity contribution in [2.45, 2.75) is 0 Å². The summed E-state index contributed by atoms with van der Waals surface area (Å²) in [4.78, 5) is 0. The van der Waals surface area contributed by atoms with Crippen LogP contribution in [-0.4, -0.2) is 6.26 Å². The van der Waals surface area contributed by atoms with E-state index in [9.17, 15) is 0 Å². The molecule has 1 heteroatoms. The fourth-order valence-electron chi connectivity index (χ4n) is 0. The van der Waals surface area contributed by atoms with Gasteiger partial charge in [-0.3, -0.25) is 0 Å². The molecule has 0 atom stereocenters. The van der Waals surface area contributed by atoms with E-state index in [-0.39, 0.29) is 0 Å². The second-order valence-corrected chi connectivity index (χ2v) is 1.05. The largest absolute Gasteiger partial charge is 0.129 e. The molecule has 0 fully saturated rings. The summed E-state index contributed by atoms with van der Waals surface area (Å²) < 4.78 is 0. The summed E-state index contributed by atoms with van der Waals surface area (Å²) in [5.41, 5.74) is 0. The molecule has 0 amide bonds. The summed E-state index contributed by atoms with van der Waals surface area (Å²) in [5.74, 6) is 0. The Morgan fingerprint density at radius 2 is 2.25 bits per heavy atom. The van der Waals surface area contributed by atoms with Crippen molar-refractivity contribution in [1.82, 2.24) is 0 Å². The van der Waals surface area contributed by atoms with Gasteiger partial charge >= 0.3 is 0 Å². The standard InChI is InChI=1S/C3H5S/c1-3-4-2/h1H2,2H3. The first-order valence-electron chi connectivity index (χ1n) is 0.966. The molecule has 0 N–H and O–H groups in total. The third-order valence-electron chi connectivity index (χ3n) is 0.144. The van der Waals surface area contributed by atoms with Crippen LogP contribution in [-0.2, 0) is 0 Å². The second-order valence-electron chi connectivity index (χ2n) is 0.348. The Labute approximate surface area is 30.9 Å². The number of rotatable bonds is 1. The highest BCUT2D eigenvalue weighted by Crippen LogP contribution is 1.83. The van der Waals surface area contributed by atoms with E-state index in [4.69, 9.17) is 0 Å². The number of thioether (sulfide) groups is 1. The molecule has 0 aromatic rings. The topological polar surface area (TPSA) is 0 Å². The third-order valence-corrected chi connectivity index (χ3v) is 0.433. The molecule has 0 aromatic carbocycles. The smallest absolute Gasteiger partial charge is 0.0127 e. The molecule has 0 unspecified atom stereocenters. The molecule has 0 aromatic heterocycles. The van der Waals surface area contributed by atoms with Crippen molar-refractivity contribution in [2.24, 2.45) is 0 Å². The van der Waals surface area contributed by atoms with Gasteiger partial charge in [0.1, 0.15) is 0 Å². The van der Waals surface area contributed by atoms with Crippen LogP contribution in [0.2, 0.25) is 0 Å². The zero-order chi connectivity index (χ0) is 3.41. The van der Waals surface area contributed by atoms with Crippen molar-refractivity contribution >= 4 is 11.8 Å². The second kappa shape index (κ2) is 3.09. The van der Waals surface area contributed by atoms with Crippen LogP contribution in [0, 0.1) is 5.41 Å². The molecule has 1 radical (unpaired) electrons. The van der Waals surface area contributed by atoms with Gasteiger partial charge in [-0.25, -0.2) is 0 Å². The van der Waals surface area contributed by atoms with Crippen molar-refractivity contribution in [3.05, 3.63) is 12.0 Å². The maximum Gasteiger partial charge on any atom is 0.0127 e. The summed E-state index contributed by atoms with van der Waals surface area (Å²) >= 11 is 1.50. The van der Waals surface area contributed by atoms with Crippen LogP contribution in [0.15, 0.2) is 6.58 Å². The Balaban J connectivity index is 2.30. The van der Waals surface area contributed by atoms with Crippen molar-refractivity contribution in [3.63, 3.8) is 0 Å². The highest BCUT2D eigenvalue weighted by Gasteiger charge is 1.45. The normalized spacial score (nSPS) is 6.25. The molecule has 0 aliphatic rings. The van der Waals surface area contributed by atoms with E-state index in [0.29, 0.717) is 0 Å². The first kappa shape index (κ1) is 4.09. The molecule has 0 aliphatic carbocycles. The average Bonchev–Trinajstić information content (AvgIpc) is 1.37. The molecular weight excluding hydrogens is 68.1 g/mol. The van der Waals surface area contributed by atoms with Crippen molar-refractivity contribution in [2.75, 3.05) is 6.26 Å². The lowest BCUT2D eigenvalue weighted by atomic mass is 11.3. The van der Waals surface area contributed by atoms with E-state index in [1.54, 1.807) is 0 Å². The summed E-state index contributed by atoms with van der Waals surface area (Å²) in [5, 5.41) is 2.60. The van der Waals surface area contributed by atoms with E-state index in [0.717, 1.165) is 0 Å². The molecule has 0 bridgehead atoms. The predicted molar refractivity (Wildman–Crippen MR) is 22.4 cm³/mol. The Kier molecular flexibility index (Phi) is 3.16. The van der Waals surface area contributed by atoms with Crippen LogP contribution in [0.25, 0.3) is 0 Å². The van der Waals surface area contributed by atoms with E-state index in [1.165, 1.54) is 11.8 Å². The highest BCUT2D eigenvalue weighted by atomic mass is 32.2. The van der Waals surface area contributed by atoms with Gasteiger partial charge in [0.2, 0.25) is 0 Å². The first-order chi connectivity index (χ1) is 1.91. The monoisotopic (exact) mass is 73.0 g/mol. The highest BCUT2D eigenvalue weighted by molar-refractivity contribution is 8.00. The van der Waals surface area contributed by atoms with Gasteiger partial charge in [-0.1, -0.05) is 6.58 Å². The fraction of sp³-hybridized carbons (Fsp3) is 0.333. The van der Waals surface area contributed by atoms with Crippen molar-refractivity contribution in [3.8, 4) is 0 Å². The van der Waals surface area contributed by atoms with Crippen LogP contribution in [0.5, 0.6) is 0 Å². The summed E-state index contributed by atoms with van der Waals surface area (Å²) in [6.45, 7) is 3.32. The van der Waals surface area contributed by atoms with Gasteiger partial charge < -0.3 is 0 Å². The van der Waals surface area contributed by atoms with Crippen LogP contribution in [0.4, 0.5) is 0 Å². The lowest BCUT2D eigenvalue weighted by Gasteiger charge is -1.57. The Hall–Kier alpha value is 0.0900. The predicted octanol–water partition coefficient (Wildman–Crippen LogP) is 1.30. The van der Waals surface area contributed by atoms with Gasteiger partial charge in [0.25, 0.3) is 0 Å². The molecule has 0 heterocycles. The van der Waals surface area contributed by atoms with Gasteiger partial charge in [-0.15, -0.1) is 11.8 Å². The molecule has 0 saturated heterocycles. The molecule has 0 saturated carbocycles. The van der Waals surface area contributed by atoms with Crippen LogP contribution < -0.4 is 0 Å². The minimum absolute atomic E-state index is 1.50. The zero-order valence-corrected chi connectivity index (χ0v) is 3.43. The Morgan fingerprint density at radius 1 is 2.00 bits per heavy atom. The molecule has 23 valence electrons. The average molecular weight is 73.1 g/mol. The molecule has 0 spiro atoms. The van der Waals surface area contributed by atoms with Crippen molar-refractivity contribution < 1.29 is 0 Å². The van der Waals surface area contributed by atoms with Gasteiger partial charge in [-0.2, -0.15) is 0 Å². The van der Waals surface area contributed by atoms with E-state index < -0.39 is 0 Å². The lowest BCUT2D eigenvalue weighted by molar-refractivity contribution is 2.39. The fourth-order valence-corrected chi connectivity index (χ4v) is 0. The molecule has 0 nitrogen and oxygen atoms in total. The van der Waals surface area contributed by atoms with Crippen LogP contribution in [0.3, 0.4) is 0 Å². The molecule has 4 heavy (non-hydrogen) atoms. The summed E-state index contributed by atoms with van der Waals surface area (Å²) in [6.07, 6.45) is 1.92. The number of hydrogen-bond donors (Lipinski definition) is 0. The lowest BCUT2D eigenvalue weighted by Crippen LogP contribution is -1.28.